The van der Waals surface area contributed by atoms with Gasteiger partial charge < -0.3 is 15.4 Å². The maximum atomic E-state index is 6.29. The van der Waals surface area contributed by atoms with Gasteiger partial charge in [0.25, 0.3) is 0 Å². The van der Waals surface area contributed by atoms with Gasteiger partial charge in [-0.15, -0.1) is 0 Å². The number of benzene rings is 1. The zero-order chi connectivity index (χ0) is 14.7. The highest BCUT2D eigenvalue weighted by Crippen LogP contribution is 2.32. The van der Waals surface area contributed by atoms with E-state index in [2.05, 4.69) is 40.2 Å². The van der Waals surface area contributed by atoms with Gasteiger partial charge in [0.15, 0.2) is 0 Å². The number of hydrogen-bond acceptors (Lipinski definition) is 4. The van der Waals surface area contributed by atoms with E-state index in [0.29, 0.717) is 5.88 Å². The zero-order valence-electron chi connectivity index (χ0n) is 12.3. The summed E-state index contributed by atoms with van der Waals surface area (Å²) in [4.78, 5) is 6.66. The van der Waals surface area contributed by atoms with Crippen molar-refractivity contribution in [1.82, 2.24) is 4.98 Å². The zero-order valence-corrected chi connectivity index (χ0v) is 12.3. The van der Waals surface area contributed by atoms with Gasteiger partial charge in [-0.3, -0.25) is 0 Å². The van der Waals surface area contributed by atoms with Crippen molar-refractivity contribution in [1.29, 1.82) is 0 Å². The molecule has 3 rings (SSSR count). The second kappa shape index (κ2) is 6.14. The van der Waals surface area contributed by atoms with Crippen LogP contribution in [0.4, 0.5) is 5.69 Å². The largest absolute Gasteiger partial charge is 0.481 e. The van der Waals surface area contributed by atoms with Gasteiger partial charge in [0.2, 0.25) is 5.88 Å². The van der Waals surface area contributed by atoms with Crippen molar-refractivity contribution in [3.05, 3.63) is 53.7 Å². The topological polar surface area (TPSA) is 51.4 Å². The number of para-hydroxylation sites is 1. The minimum atomic E-state index is 0.127. The van der Waals surface area contributed by atoms with E-state index in [0.717, 1.165) is 31.5 Å². The van der Waals surface area contributed by atoms with Crippen LogP contribution in [0.25, 0.3) is 0 Å². The first-order chi connectivity index (χ1) is 10.3. The maximum Gasteiger partial charge on any atom is 0.218 e. The number of aromatic nitrogens is 1. The number of anilines is 1. The summed E-state index contributed by atoms with van der Waals surface area (Å²) in [6.45, 7) is 1.80. The molecule has 0 bridgehead atoms. The van der Waals surface area contributed by atoms with E-state index in [-0.39, 0.29) is 6.04 Å². The van der Waals surface area contributed by atoms with Gasteiger partial charge in [-0.05, 0) is 30.5 Å². The summed E-state index contributed by atoms with van der Waals surface area (Å²) in [5, 5.41) is 0. The Morgan fingerprint density at radius 1 is 1.29 bits per heavy atom. The number of rotatable bonds is 3. The summed E-state index contributed by atoms with van der Waals surface area (Å²) in [5.74, 6) is 0.698. The monoisotopic (exact) mass is 283 g/mol. The fourth-order valence-electron chi connectivity index (χ4n) is 2.97. The molecule has 1 atom stereocenters. The number of hydrogen-bond donors (Lipinski definition) is 1. The number of nitrogens with two attached hydrogens (primary N) is 1. The third kappa shape index (κ3) is 2.85. The van der Waals surface area contributed by atoms with Crippen LogP contribution in [0.3, 0.4) is 0 Å². The Hall–Kier alpha value is -2.07. The smallest absolute Gasteiger partial charge is 0.218 e. The quantitative estimate of drug-likeness (QED) is 0.941. The van der Waals surface area contributed by atoms with Crippen molar-refractivity contribution in [3.63, 3.8) is 0 Å². The minimum Gasteiger partial charge on any atom is -0.481 e. The molecule has 21 heavy (non-hydrogen) atoms. The molecule has 0 radical (unpaired) electrons. The number of nitrogens with zero attached hydrogens (tertiary/aromatic N) is 2. The van der Waals surface area contributed by atoms with Gasteiger partial charge in [0.05, 0.1) is 7.11 Å². The van der Waals surface area contributed by atoms with Gasteiger partial charge in [-0.2, -0.15) is 0 Å². The molecular formula is C17H21N3O. The maximum absolute atomic E-state index is 6.29. The molecule has 1 unspecified atom stereocenters. The van der Waals surface area contributed by atoms with Crippen molar-refractivity contribution in [2.45, 2.75) is 25.4 Å². The molecule has 4 heteroatoms. The molecule has 1 aliphatic rings. The van der Waals surface area contributed by atoms with Crippen molar-refractivity contribution in [3.8, 4) is 5.88 Å². The molecule has 2 N–H and O–H groups in total. The molecule has 4 nitrogen and oxygen atoms in total. The van der Waals surface area contributed by atoms with Gasteiger partial charge in [-0.1, -0.05) is 24.3 Å². The number of ether oxygens (including phenoxy) is 1. The molecule has 0 aliphatic carbocycles. The summed E-state index contributed by atoms with van der Waals surface area (Å²) in [5.41, 5.74) is 9.86. The second-order valence-electron chi connectivity index (χ2n) is 5.40. The SMILES string of the molecule is COc1ncccc1CN1CCCC(N)c2ccccc21. The van der Waals surface area contributed by atoms with Crippen LogP contribution in [0, 0.1) is 0 Å². The molecule has 0 fully saturated rings. The third-order valence-electron chi connectivity index (χ3n) is 4.02. The summed E-state index contributed by atoms with van der Waals surface area (Å²) < 4.78 is 5.36. The Morgan fingerprint density at radius 3 is 3.00 bits per heavy atom. The van der Waals surface area contributed by atoms with Crippen LogP contribution in [0.1, 0.15) is 30.0 Å². The molecule has 0 amide bonds. The van der Waals surface area contributed by atoms with Crippen LogP contribution < -0.4 is 15.4 Å². The van der Waals surface area contributed by atoms with Gasteiger partial charge in [0, 0.05) is 36.6 Å². The van der Waals surface area contributed by atoms with Crippen molar-refractivity contribution in [2.75, 3.05) is 18.6 Å². The molecule has 0 saturated heterocycles. The number of pyridine rings is 1. The van der Waals surface area contributed by atoms with E-state index >= 15 is 0 Å². The molecule has 2 aromatic rings. The lowest BCUT2D eigenvalue weighted by molar-refractivity contribution is 0.392. The fourth-order valence-corrected chi connectivity index (χ4v) is 2.97. The third-order valence-corrected chi connectivity index (χ3v) is 4.02. The van der Waals surface area contributed by atoms with Crippen LogP contribution in [-0.2, 0) is 6.54 Å². The average molecular weight is 283 g/mol. The van der Waals surface area contributed by atoms with Gasteiger partial charge >= 0.3 is 0 Å². The Morgan fingerprint density at radius 2 is 2.14 bits per heavy atom. The lowest BCUT2D eigenvalue weighted by Gasteiger charge is -2.26. The molecule has 0 spiro atoms. The predicted octanol–water partition coefficient (Wildman–Crippen LogP) is 2.89. The molecule has 0 saturated carbocycles. The van der Waals surface area contributed by atoms with E-state index in [1.165, 1.54) is 11.3 Å². The number of fused-ring (bicyclic) bond motifs is 1. The summed E-state index contributed by atoms with van der Waals surface area (Å²) in [6.07, 6.45) is 3.88. The Labute approximate surface area is 125 Å². The van der Waals surface area contributed by atoms with Crippen LogP contribution in [0.2, 0.25) is 0 Å². The summed E-state index contributed by atoms with van der Waals surface area (Å²) in [7, 11) is 1.66. The van der Waals surface area contributed by atoms with E-state index < -0.39 is 0 Å². The summed E-state index contributed by atoms with van der Waals surface area (Å²) in [6, 6.07) is 12.6. The fraction of sp³-hybridized carbons (Fsp3) is 0.353. The Kier molecular flexibility index (Phi) is 4.06. The summed E-state index contributed by atoms with van der Waals surface area (Å²) >= 11 is 0. The molecule has 1 aromatic carbocycles. The lowest BCUT2D eigenvalue weighted by Crippen LogP contribution is -2.24. The van der Waals surface area contributed by atoms with Crippen LogP contribution >= 0.6 is 0 Å². The first-order valence-electron chi connectivity index (χ1n) is 7.37. The van der Waals surface area contributed by atoms with E-state index in [4.69, 9.17) is 10.5 Å². The molecule has 2 heterocycles. The van der Waals surface area contributed by atoms with Gasteiger partial charge in [-0.25, -0.2) is 4.98 Å². The molecule has 110 valence electrons. The minimum absolute atomic E-state index is 0.127. The van der Waals surface area contributed by atoms with E-state index in [1.54, 1.807) is 13.3 Å². The van der Waals surface area contributed by atoms with Crippen LogP contribution in [-0.4, -0.2) is 18.6 Å². The Bertz CT molecular complexity index is 614. The van der Waals surface area contributed by atoms with Gasteiger partial charge in [0.1, 0.15) is 0 Å². The van der Waals surface area contributed by atoms with E-state index in [1.807, 2.05) is 6.07 Å². The molecule has 1 aliphatic heterocycles. The molecular weight excluding hydrogens is 262 g/mol. The van der Waals surface area contributed by atoms with Crippen LogP contribution in [0.15, 0.2) is 42.6 Å². The first kappa shape index (κ1) is 13.9. The van der Waals surface area contributed by atoms with Crippen molar-refractivity contribution < 1.29 is 4.74 Å². The van der Waals surface area contributed by atoms with E-state index in [9.17, 15) is 0 Å². The highest BCUT2D eigenvalue weighted by Gasteiger charge is 2.21. The Balaban J connectivity index is 1.93. The van der Waals surface area contributed by atoms with Crippen molar-refractivity contribution >= 4 is 5.69 Å². The molecule has 1 aromatic heterocycles. The second-order valence-corrected chi connectivity index (χ2v) is 5.40. The van der Waals surface area contributed by atoms with Crippen molar-refractivity contribution in [2.24, 2.45) is 5.73 Å². The normalized spacial score (nSPS) is 18.0. The number of methoxy groups -OCH3 is 1. The highest BCUT2D eigenvalue weighted by atomic mass is 16.5. The standard InChI is InChI=1S/C17H21N3O/c1-21-17-13(6-4-10-19-17)12-20-11-5-8-15(18)14-7-2-3-9-16(14)20/h2-4,6-7,9-10,15H,5,8,11-12,18H2,1H3. The predicted molar refractivity (Wildman–Crippen MR) is 84.4 cm³/mol. The lowest BCUT2D eigenvalue weighted by atomic mass is 10.0. The van der Waals surface area contributed by atoms with Crippen LogP contribution in [0.5, 0.6) is 5.88 Å². The first-order valence-corrected chi connectivity index (χ1v) is 7.37. The highest BCUT2D eigenvalue weighted by molar-refractivity contribution is 5.56. The average Bonchev–Trinajstić information content (AvgIpc) is 2.68.